The second-order valence-electron chi connectivity index (χ2n) is 8.54. The van der Waals surface area contributed by atoms with Gasteiger partial charge in [0.1, 0.15) is 12.0 Å². The van der Waals surface area contributed by atoms with Crippen molar-refractivity contribution in [3.8, 4) is 0 Å². The number of amidine groups is 1. The van der Waals surface area contributed by atoms with Crippen LogP contribution >= 0.6 is 11.6 Å². The Balaban J connectivity index is 0.000000658. The number of hydrogen-bond donors (Lipinski definition) is 2. The molecule has 3 nitrogen and oxygen atoms in total. The number of alkyl halides is 3. The number of halogens is 4. The maximum atomic E-state index is 13.6. The Kier molecular flexibility index (Phi) is 9.21. The normalized spacial score (nSPS) is 14.5. The van der Waals surface area contributed by atoms with E-state index in [4.69, 9.17) is 11.6 Å². The van der Waals surface area contributed by atoms with Crippen LogP contribution in [0.1, 0.15) is 67.1 Å². The molecular formula is C29H31ClF3N3. The lowest BCUT2D eigenvalue weighted by molar-refractivity contribution is -0.138. The molecule has 1 aliphatic rings. The number of anilines is 1. The predicted octanol–water partition coefficient (Wildman–Crippen LogP) is 9.00. The molecule has 0 bridgehead atoms. The van der Waals surface area contributed by atoms with Crippen molar-refractivity contribution in [3.05, 3.63) is 106 Å². The van der Waals surface area contributed by atoms with Gasteiger partial charge in [-0.1, -0.05) is 93.8 Å². The van der Waals surface area contributed by atoms with Gasteiger partial charge in [-0.05, 0) is 36.8 Å². The number of aliphatic imine (C=N–C) groups is 1. The Morgan fingerprint density at radius 3 is 2.31 bits per heavy atom. The number of unbranched alkanes of at least 4 members (excludes halogenated alkanes) is 2. The number of rotatable bonds is 5. The van der Waals surface area contributed by atoms with Crippen LogP contribution in [-0.2, 0) is 6.18 Å². The molecule has 2 N–H and O–H groups in total. The van der Waals surface area contributed by atoms with E-state index in [-0.39, 0.29) is 5.56 Å². The van der Waals surface area contributed by atoms with Gasteiger partial charge in [0.2, 0.25) is 0 Å². The Labute approximate surface area is 216 Å². The molecule has 3 aromatic rings. The Bertz CT molecular complexity index is 1210. The minimum absolute atomic E-state index is 0.0448. The van der Waals surface area contributed by atoms with Gasteiger partial charge in [-0.25, -0.2) is 4.99 Å². The smallest absolute Gasteiger partial charge is 0.359 e. The van der Waals surface area contributed by atoms with E-state index >= 15 is 0 Å². The summed E-state index contributed by atoms with van der Waals surface area (Å²) in [5, 5.41) is 6.82. The zero-order valence-electron chi connectivity index (χ0n) is 20.7. The van der Waals surface area contributed by atoms with E-state index in [1.807, 2.05) is 37.3 Å². The summed E-state index contributed by atoms with van der Waals surface area (Å²) in [6, 6.07) is 18.2. The van der Waals surface area contributed by atoms with Crippen molar-refractivity contribution in [2.75, 3.05) is 5.32 Å². The predicted molar refractivity (Wildman–Crippen MR) is 144 cm³/mol. The number of nitrogens with zero attached hydrogens (tertiary/aromatic N) is 1. The van der Waals surface area contributed by atoms with Gasteiger partial charge in [-0.3, -0.25) is 0 Å². The van der Waals surface area contributed by atoms with Crippen LogP contribution < -0.4 is 10.6 Å². The number of hydrogen-bond acceptors (Lipinski definition) is 3. The Morgan fingerprint density at radius 1 is 1.00 bits per heavy atom. The molecule has 0 fully saturated rings. The number of aryl methyl sites for hydroxylation is 1. The van der Waals surface area contributed by atoms with E-state index in [2.05, 4.69) is 36.1 Å². The van der Waals surface area contributed by atoms with E-state index in [1.165, 1.54) is 31.4 Å². The van der Waals surface area contributed by atoms with Crippen LogP contribution in [0.15, 0.2) is 78.3 Å². The van der Waals surface area contributed by atoms with Crippen molar-refractivity contribution in [3.63, 3.8) is 0 Å². The van der Waals surface area contributed by atoms with Crippen molar-refractivity contribution in [1.82, 2.24) is 5.32 Å². The average molecular weight is 514 g/mol. The van der Waals surface area contributed by atoms with Gasteiger partial charge in [-0.15, -0.1) is 0 Å². The summed E-state index contributed by atoms with van der Waals surface area (Å²) >= 11 is 6.36. The van der Waals surface area contributed by atoms with Crippen LogP contribution in [0.2, 0.25) is 5.02 Å². The molecule has 3 aromatic carbocycles. The average Bonchev–Trinajstić information content (AvgIpc) is 2.84. The maximum absolute atomic E-state index is 13.6. The second kappa shape index (κ2) is 12.1. The van der Waals surface area contributed by atoms with Gasteiger partial charge >= 0.3 is 6.18 Å². The third-order valence-electron chi connectivity index (χ3n) is 5.79. The molecule has 0 spiro atoms. The van der Waals surface area contributed by atoms with Crippen molar-refractivity contribution >= 4 is 28.8 Å². The van der Waals surface area contributed by atoms with Crippen LogP contribution in [0.5, 0.6) is 0 Å². The van der Waals surface area contributed by atoms with E-state index < -0.39 is 17.9 Å². The van der Waals surface area contributed by atoms with Gasteiger partial charge in [0.05, 0.1) is 10.6 Å². The standard InChI is InChI=1S/C24H19ClF3N3.C5H12/c1-14-8-7-12-19(25)21(14)15(2)29-23-17-10-4-6-13-20(17)30-22(31-23)16-9-3-5-11-18(16)24(26,27)28;1-3-5-4-2/h3-13,22,30H,2H2,1H3,(H,29,31);3-5H2,1-2H3. The summed E-state index contributed by atoms with van der Waals surface area (Å²) in [6.45, 7) is 10.4. The SMILES string of the molecule is C=C(NC1=NC(c2ccccc2C(F)(F)F)Nc2ccccc21)c1c(C)cccc1Cl.CCCCC. The van der Waals surface area contributed by atoms with Crippen LogP contribution in [0.4, 0.5) is 18.9 Å². The van der Waals surface area contributed by atoms with E-state index in [9.17, 15) is 13.2 Å². The van der Waals surface area contributed by atoms with Gasteiger partial charge in [0, 0.05) is 28.1 Å². The lowest BCUT2D eigenvalue weighted by Gasteiger charge is -2.28. The summed E-state index contributed by atoms with van der Waals surface area (Å²) in [5.74, 6) is 0.417. The van der Waals surface area contributed by atoms with Crippen molar-refractivity contribution in [1.29, 1.82) is 0 Å². The quantitative estimate of drug-likeness (QED) is 0.357. The Morgan fingerprint density at radius 2 is 1.67 bits per heavy atom. The monoisotopic (exact) mass is 513 g/mol. The highest BCUT2D eigenvalue weighted by Gasteiger charge is 2.36. The lowest BCUT2D eigenvalue weighted by atomic mass is 10.0. The third-order valence-corrected chi connectivity index (χ3v) is 6.11. The minimum Gasteiger partial charge on any atom is -0.359 e. The molecule has 0 aliphatic carbocycles. The molecule has 7 heteroatoms. The number of nitrogens with one attached hydrogen (secondary N) is 2. The molecule has 0 saturated heterocycles. The number of fused-ring (bicyclic) bond motifs is 1. The summed E-state index contributed by atoms with van der Waals surface area (Å²) < 4.78 is 40.8. The van der Waals surface area contributed by atoms with Crippen molar-refractivity contribution in [2.24, 2.45) is 4.99 Å². The van der Waals surface area contributed by atoms with Gasteiger partial charge in [0.15, 0.2) is 0 Å². The summed E-state index contributed by atoms with van der Waals surface area (Å²) in [4.78, 5) is 4.58. The van der Waals surface area contributed by atoms with Crippen molar-refractivity contribution < 1.29 is 13.2 Å². The lowest BCUT2D eigenvalue weighted by Crippen LogP contribution is -2.30. The number of para-hydroxylation sites is 1. The third kappa shape index (κ3) is 6.49. The molecule has 0 saturated carbocycles. The van der Waals surface area contributed by atoms with E-state index in [1.54, 1.807) is 18.2 Å². The molecule has 1 atom stereocenters. The number of benzene rings is 3. The zero-order chi connectivity index (χ0) is 26.3. The second-order valence-corrected chi connectivity index (χ2v) is 8.95. The fourth-order valence-corrected chi connectivity index (χ4v) is 4.34. The van der Waals surface area contributed by atoms with Crippen LogP contribution in [0.3, 0.4) is 0 Å². The molecule has 1 aliphatic heterocycles. The van der Waals surface area contributed by atoms with Crippen molar-refractivity contribution in [2.45, 2.75) is 52.4 Å². The van der Waals surface area contributed by atoms with Gasteiger partial charge in [0.25, 0.3) is 0 Å². The maximum Gasteiger partial charge on any atom is 0.416 e. The molecular weight excluding hydrogens is 483 g/mol. The first kappa shape index (κ1) is 27.3. The summed E-state index contributed by atoms with van der Waals surface area (Å²) in [6.07, 6.45) is -1.33. The first-order valence-electron chi connectivity index (χ1n) is 12.0. The van der Waals surface area contributed by atoms with E-state index in [0.29, 0.717) is 22.2 Å². The Hall–Kier alpha value is -3.25. The highest BCUT2D eigenvalue weighted by atomic mass is 35.5. The molecule has 0 aromatic heterocycles. The largest absolute Gasteiger partial charge is 0.416 e. The molecule has 4 rings (SSSR count). The molecule has 0 amide bonds. The molecule has 0 radical (unpaired) electrons. The highest BCUT2D eigenvalue weighted by Crippen LogP contribution is 2.38. The summed E-state index contributed by atoms with van der Waals surface area (Å²) in [7, 11) is 0. The molecule has 1 unspecified atom stereocenters. The highest BCUT2D eigenvalue weighted by molar-refractivity contribution is 6.32. The topological polar surface area (TPSA) is 36.4 Å². The van der Waals surface area contributed by atoms with Crippen LogP contribution in [0.25, 0.3) is 5.70 Å². The fraction of sp³-hybridized carbons (Fsp3) is 0.276. The minimum atomic E-state index is -4.49. The van der Waals surface area contributed by atoms with Gasteiger partial charge < -0.3 is 10.6 Å². The summed E-state index contributed by atoms with van der Waals surface area (Å²) in [5.41, 5.74) is 2.89. The fourth-order valence-electron chi connectivity index (χ4n) is 4.01. The van der Waals surface area contributed by atoms with Crippen LogP contribution in [0, 0.1) is 6.92 Å². The zero-order valence-corrected chi connectivity index (χ0v) is 21.5. The first-order chi connectivity index (χ1) is 17.2. The molecule has 1 heterocycles. The first-order valence-corrected chi connectivity index (χ1v) is 12.4. The molecule has 36 heavy (non-hydrogen) atoms. The van der Waals surface area contributed by atoms with Gasteiger partial charge in [-0.2, -0.15) is 13.2 Å². The van der Waals surface area contributed by atoms with E-state index in [0.717, 1.165) is 22.8 Å². The molecule has 190 valence electrons. The van der Waals surface area contributed by atoms with Crippen LogP contribution in [-0.4, -0.2) is 5.84 Å².